The number of rotatable bonds is 10. The summed E-state index contributed by atoms with van der Waals surface area (Å²) in [5, 5.41) is 1.07. The molecule has 4 bridgehead atoms. The van der Waals surface area contributed by atoms with Crippen molar-refractivity contribution in [3.63, 3.8) is 0 Å². The van der Waals surface area contributed by atoms with Gasteiger partial charge in [-0.25, -0.2) is 8.42 Å². The minimum absolute atomic E-state index is 0. The standard InChI is InChI=1S/2C36H47ClN2O5S.CH4/c2*1-4-29-9-5-6-10-33(43-19-18-42-2)30-14-11-27(30)22-39-23-36(17-7-8-25-20-28(37)13-15-31(25)36)24-44-34-16-12-26(21-32(34)39)35(40)38-45(29,3)41;/h2*6,10,12-13,15-16,20-21,27,29-30,33H,3-5,7-9,11,14,17-19,22-24H2,1-2H3,(H,38,40,41);1H4/b2*10-6+;/t2*27-,29+,30+,33-,36-,45?;/m00./s1. The number of amides is 2. The van der Waals surface area contributed by atoms with Crippen LogP contribution in [0.5, 0.6) is 11.5 Å². The fraction of sp³-hybridized carbons (Fsp3) is 0.562. The van der Waals surface area contributed by atoms with Gasteiger partial charge in [0, 0.05) is 82.9 Å². The van der Waals surface area contributed by atoms with Gasteiger partial charge >= 0.3 is 0 Å². The number of benzene rings is 4. The van der Waals surface area contributed by atoms with Crippen molar-refractivity contribution in [3.05, 3.63) is 141 Å². The molecule has 0 saturated heterocycles. The number of methoxy groups -OCH3 is 2. The second kappa shape index (κ2) is 30.1. The zero-order valence-electron chi connectivity index (χ0n) is 53.2. The SMILES string of the molecule is C.C=S1(=O)NC(=O)c2ccc3c(c2)N(C[C@@H]2CC[C@H]2[C@@H](OCCOC)/C=C/CC[C@H]1CC)C[C@@]1(CCCc2cc(Cl)ccc21)CO3.C=S1(=O)NC(=O)c2ccc3c(c2)N(C[C@@H]2CC[C@H]2[C@@H](OCCOC)/C=C/CC[C@H]1CC)C[C@@]1(CCCc2cc(Cl)ccc21)CO3. The summed E-state index contributed by atoms with van der Waals surface area (Å²) >= 11 is 12.9. The van der Waals surface area contributed by atoms with E-state index >= 15 is 0 Å². The van der Waals surface area contributed by atoms with Crippen LogP contribution in [0.25, 0.3) is 0 Å². The van der Waals surface area contributed by atoms with Crippen LogP contribution >= 0.6 is 23.2 Å². The number of nitrogens with zero attached hydrogens (tertiary/aromatic N) is 2. The number of hydrogen-bond acceptors (Lipinski definition) is 12. The lowest BCUT2D eigenvalue weighted by Gasteiger charge is -2.46. The average molecular weight is 1330 g/mol. The molecule has 2 N–H and O–H groups in total. The Balaban J connectivity index is 0.000000198. The van der Waals surface area contributed by atoms with Crippen LogP contribution in [0, 0.1) is 23.7 Å². The fourth-order valence-electron chi connectivity index (χ4n) is 15.7. The molecule has 12 atom stereocenters. The van der Waals surface area contributed by atoms with Gasteiger partial charge in [0.2, 0.25) is 0 Å². The zero-order chi connectivity index (χ0) is 63.2. The molecule has 496 valence electrons. The first-order valence-electron chi connectivity index (χ1n) is 33.0. The summed E-state index contributed by atoms with van der Waals surface area (Å²) < 4.78 is 69.9. The van der Waals surface area contributed by atoms with Gasteiger partial charge in [0.25, 0.3) is 11.8 Å². The van der Waals surface area contributed by atoms with Crippen molar-refractivity contribution >= 4 is 77.5 Å². The molecule has 12 rings (SSSR count). The van der Waals surface area contributed by atoms with Gasteiger partial charge in [-0.2, -0.15) is 0 Å². The van der Waals surface area contributed by atoms with Crippen molar-refractivity contribution in [1.82, 2.24) is 9.44 Å². The Morgan fingerprint density at radius 2 is 1.02 bits per heavy atom. The molecule has 18 heteroatoms. The van der Waals surface area contributed by atoms with Crippen LogP contribution in [0.15, 0.2) is 97.1 Å². The van der Waals surface area contributed by atoms with Crippen LogP contribution in [0.4, 0.5) is 11.4 Å². The second-order valence-electron chi connectivity index (χ2n) is 26.6. The number of carbonyl (C=O) groups excluding carboxylic acids is 2. The number of ether oxygens (including phenoxy) is 6. The highest BCUT2D eigenvalue weighted by atomic mass is 35.5. The van der Waals surface area contributed by atoms with E-state index < -0.39 is 19.4 Å². The molecule has 8 aliphatic rings. The number of fused-ring (bicyclic) bond motifs is 8. The number of allylic oxidation sites excluding steroid dienone is 2. The monoisotopic (exact) mass is 1320 g/mol. The Bertz CT molecular complexity index is 3280. The van der Waals surface area contributed by atoms with E-state index in [1.165, 1.54) is 22.3 Å². The van der Waals surface area contributed by atoms with Crippen molar-refractivity contribution < 1.29 is 46.4 Å². The molecule has 4 aromatic rings. The molecule has 2 spiro atoms. The summed E-state index contributed by atoms with van der Waals surface area (Å²) in [4.78, 5) is 32.1. The number of aryl methyl sites for hydroxylation is 2. The van der Waals surface area contributed by atoms with Crippen molar-refractivity contribution in [3.8, 4) is 11.5 Å². The van der Waals surface area contributed by atoms with Crippen LogP contribution < -0.4 is 28.7 Å². The second-order valence-corrected chi connectivity index (χ2v) is 32.1. The molecule has 91 heavy (non-hydrogen) atoms. The van der Waals surface area contributed by atoms with E-state index in [1.807, 2.05) is 50.2 Å². The first-order chi connectivity index (χ1) is 43.5. The third-order valence-electron chi connectivity index (χ3n) is 21.0. The van der Waals surface area contributed by atoms with Gasteiger partial charge in [-0.05, 0) is 221 Å². The lowest BCUT2D eigenvalue weighted by Crippen LogP contribution is -2.49. The van der Waals surface area contributed by atoms with Gasteiger partial charge < -0.3 is 38.2 Å². The van der Waals surface area contributed by atoms with E-state index in [2.05, 4.69) is 79.6 Å². The van der Waals surface area contributed by atoms with Crippen LogP contribution in [0.3, 0.4) is 0 Å². The lowest BCUT2D eigenvalue weighted by molar-refractivity contribution is -0.0310. The van der Waals surface area contributed by atoms with Crippen molar-refractivity contribution in [2.75, 3.05) is 89.8 Å². The maximum absolute atomic E-state index is 13.8. The molecule has 14 nitrogen and oxygen atoms in total. The van der Waals surface area contributed by atoms with E-state index in [4.69, 9.17) is 51.6 Å². The zero-order valence-corrected chi connectivity index (χ0v) is 56.3. The number of anilines is 2. The van der Waals surface area contributed by atoms with Crippen molar-refractivity contribution in [2.45, 2.75) is 158 Å². The van der Waals surface area contributed by atoms with Crippen molar-refractivity contribution in [2.24, 2.45) is 23.7 Å². The van der Waals surface area contributed by atoms with E-state index in [-0.39, 0.29) is 52.8 Å². The Hall–Kier alpha value is -5.04. The highest BCUT2D eigenvalue weighted by Crippen LogP contribution is 2.50. The molecule has 2 saturated carbocycles. The number of nitrogens with one attached hydrogen (secondary N) is 2. The molecule has 4 aliphatic carbocycles. The summed E-state index contributed by atoms with van der Waals surface area (Å²) in [6, 6.07) is 23.8. The normalized spacial score (nSPS) is 32.0. The first-order valence-corrected chi connectivity index (χ1v) is 37.3. The highest BCUT2D eigenvalue weighted by Gasteiger charge is 2.47. The summed E-state index contributed by atoms with van der Waals surface area (Å²) in [6.07, 6.45) is 23.5. The Labute approximate surface area is 553 Å². The quantitative estimate of drug-likeness (QED) is 0.0882. The van der Waals surface area contributed by atoms with E-state index in [1.54, 1.807) is 26.4 Å². The van der Waals surface area contributed by atoms with Gasteiger partial charge in [0.15, 0.2) is 0 Å². The van der Waals surface area contributed by atoms with E-state index in [0.29, 0.717) is 100 Å². The fourth-order valence-corrected chi connectivity index (χ4v) is 19.4. The molecule has 4 heterocycles. The number of carbonyl (C=O) groups is 2. The first kappa shape index (κ1) is 68.8. The maximum Gasteiger partial charge on any atom is 0.262 e. The van der Waals surface area contributed by atoms with E-state index in [9.17, 15) is 18.0 Å². The lowest BCUT2D eigenvalue weighted by atomic mass is 9.68. The Morgan fingerprint density at radius 3 is 1.41 bits per heavy atom. The molecule has 4 aromatic carbocycles. The van der Waals surface area contributed by atoms with E-state index in [0.717, 1.165) is 136 Å². The van der Waals surface area contributed by atoms with Gasteiger partial charge in [-0.3, -0.25) is 19.0 Å². The van der Waals surface area contributed by atoms with Gasteiger partial charge in [-0.15, -0.1) is 0 Å². The van der Waals surface area contributed by atoms with Gasteiger partial charge in [-0.1, -0.05) is 80.9 Å². The average Bonchev–Trinajstić information content (AvgIpc) is 2.03. The Morgan fingerprint density at radius 1 is 0.593 bits per heavy atom. The predicted octanol–water partition coefficient (Wildman–Crippen LogP) is 13.4. The molecule has 2 amide bonds. The molecule has 2 fully saturated rings. The Kier molecular flexibility index (Phi) is 22.8. The molecular formula is C73H98Cl2N4O10S2. The molecule has 0 radical (unpaired) electrons. The molecule has 4 aliphatic heterocycles. The third-order valence-corrected chi connectivity index (χ3v) is 25.8. The minimum atomic E-state index is -2.88. The summed E-state index contributed by atoms with van der Waals surface area (Å²) in [7, 11) is -2.35. The topological polar surface area (TPSA) is 154 Å². The van der Waals surface area contributed by atoms with Crippen molar-refractivity contribution in [1.29, 1.82) is 0 Å². The van der Waals surface area contributed by atoms with Gasteiger partial charge in [0.1, 0.15) is 11.5 Å². The highest BCUT2D eigenvalue weighted by molar-refractivity contribution is 7.99. The van der Waals surface area contributed by atoms with Crippen LogP contribution in [0.1, 0.15) is 154 Å². The molecular weight excluding hydrogens is 1230 g/mol. The van der Waals surface area contributed by atoms with Gasteiger partial charge in [0.05, 0.1) is 82.6 Å². The summed E-state index contributed by atoms with van der Waals surface area (Å²) in [6.45, 7) is 10.5. The van der Waals surface area contributed by atoms with Crippen LogP contribution in [-0.4, -0.2) is 135 Å². The third kappa shape index (κ3) is 15.4. The smallest absolute Gasteiger partial charge is 0.262 e. The molecule has 0 aromatic heterocycles. The summed E-state index contributed by atoms with van der Waals surface area (Å²) in [5.41, 5.74) is 7.57. The van der Waals surface area contributed by atoms with Crippen LogP contribution in [0.2, 0.25) is 10.0 Å². The minimum Gasteiger partial charge on any atom is -0.490 e. The number of hydrogen-bond donors (Lipinski definition) is 2. The largest absolute Gasteiger partial charge is 0.490 e. The molecule has 2 unspecified atom stereocenters. The maximum atomic E-state index is 13.8. The number of halogens is 2. The summed E-state index contributed by atoms with van der Waals surface area (Å²) in [5.74, 6) is 10.5. The van der Waals surface area contributed by atoms with Crippen LogP contribution in [-0.2, 0) is 62.0 Å². The predicted molar refractivity (Wildman–Crippen MR) is 373 cm³/mol.